The summed E-state index contributed by atoms with van der Waals surface area (Å²) in [7, 11) is 0. The van der Waals surface area contributed by atoms with Crippen molar-refractivity contribution in [1.82, 2.24) is 19.9 Å². The minimum absolute atomic E-state index is 0.0328. The van der Waals surface area contributed by atoms with Crippen molar-refractivity contribution in [3.8, 4) is 6.07 Å². The van der Waals surface area contributed by atoms with Crippen LogP contribution in [0.1, 0.15) is 20.8 Å². The number of nitriles is 1. The minimum Gasteiger partial charge on any atom is -0.337 e. The smallest absolute Gasteiger partial charge is 0.231 e. The van der Waals surface area contributed by atoms with Crippen LogP contribution in [0.2, 0.25) is 0 Å². The lowest BCUT2D eigenvalue weighted by atomic mass is 9.90. The van der Waals surface area contributed by atoms with Crippen molar-refractivity contribution in [3.05, 3.63) is 24.4 Å². The van der Waals surface area contributed by atoms with Crippen LogP contribution in [0.15, 0.2) is 29.6 Å². The number of amides is 1. The minimum atomic E-state index is -0.857. The Kier molecular flexibility index (Phi) is 4.48. The van der Waals surface area contributed by atoms with Gasteiger partial charge < -0.3 is 5.32 Å². The Hall–Kier alpha value is -2.07. The lowest BCUT2D eigenvalue weighted by Gasteiger charge is -2.27. The Morgan fingerprint density at radius 2 is 2.29 bits per heavy atom. The van der Waals surface area contributed by atoms with E-state index in [2.05, 4.69) is 21.6 Å². The predicted molar refractivity (Wildman–Crippen MR) is 80.7 cm³/mol. The molecule has 2 aromatic rings. The van der Waals surface area contributed by atoms with E-state index in [1.54, 1.807) is 6.92 Å². The first-order chi connectivity index (χ1) is 9.96. The van der Waals surface area contributed by atoms with Crippen LogP contribution in [0.25, 0.3) is 5.65 Å². The first-order valence-corrected chi connectivity index (χ1v) is 7.59. The van der Waals surface area contributed by atoms with E-state index < -0.39 is 5.54 Å². The Morgan fingerprint density at radius 1 is 1.52 bits per heavy atom. The number of carbonyl (C=O) groups is 1. The van der Waals surface area contributed by atoms with Crippen molar-refractivity contribution >= 4 is 23.3 Å². The maximum atomic E-state index is 12.0. The highest BCUT2D eigenvalue weighted by Crippen LogP contribution is 2.18. The van der Waals surface area contributed by atoms with Crippen LogP contribution in [0.3, 0.4) is 0 Å². The molecule has 21 heavy (non-hydrogen) atoms. The Bertz CT molecular complexity index is 690. The van der Waals surface area contributed by atoms with E-state index in [1.807, 2.05) is 42.6 Å². The molecule has 0 spiro atoms. The largest absolute Gasteiger partial charge is 0.337 e. The number of thioether (sulfide) groups is 1. The molecular weight excluding hydrogens is 286 g/mol. The highest BCUT2D eigenvalue weighted by Gasteiger charge is 2.29. The van der Waals surface area contributed by atoms with Gasteiger partial charge in [-0.15, -0.1) is 10.2 Å². The molecule has 0 aliphatic carbocycles. The quantitative estimate of drug-likeness (QED) is 0.853. The zero-order valence-electron chi connectivity index (χ0n) is 12.2. The molecule has 2 rings (SSSR count). The molecule has 110 valence electrons. The van der Waals surface area contributed by atoms with Crippen molar-refractivity contribution in [2.45, 2.75) is 31.5 Å². The second kappa shape index (κ2) is 6.14. The fourth-order valence-electron chi connectivity index (χ4n) is 1.68. The number of hydrogen-bond acceptors (Lipinski definition) is 5. The van der Waals surface area contributed by atoms with Crippen LogP contribution in [0, 0.1) is 17.2 Å². The number of rotatable bonds is 5. The van der Waals surface area contributed by atoms with Gasteiger partial charge in [0, 0.05) is 6.20 Å². The molecule has 0 aliphatic rings. The van der Waals surface area contributed by atoms with Crippen LogP contribution in [0.4, 0.5) is 0 Å². The lowest BCUT2D eigenvalue weighted by molar-refractivity contribution is -0.120. The molecule has 1 amide bonds. The molecule has 0 saturated carbocycles. The van der Waals surface area contributed by atoms with E-state index in [0.29, 0.717) is 5.16 Å². The predicted octanol–water partition coefficient (Wildman–Crippen LogP) is 1.88. The van der Waals surface area contributed by atoms with Gasteiger partial charge in [0.25, 0.3) is 0 Å². The van der Waals surface area contributed by atoms with Crippen molar-refractivity contribution in [3.63, 3.8) is 0 Å². The number of nitrogens with one attached hydrogen (secondary N) is 1. The molecule has 0 radical (unpaired) electrons. The fraction of sp³-hybridized carbons (Fsp3) is 0.429. The summed E-state index contributed by atoms with van der Waals surface area (Å²) < 4.78 is 1.82. The van der Waals surface area contributed by atoms with Crippen molar-refractivity contribution < 1.29 is 4.79 Å². The standard InChI is InChI=1S/C14H17N5OS/c1-10(2)14(3,9-15)16-12(20)8-21-13-18-17-11-6-4-5-7-19(11)13/h4-7,10H,8H2,1-3H3,(H,16,20). The molecule has 1 atom stereocenters. The van der Waals surface area contributed by atoms with Gasteiger partial charge in [0.15, 0.2) is 10.8 Å². The van der Waals surface area contributed by atoms with Crippen LogP contribution >= 0.6 is 11.8 Å². The summed E-state index contributed by atoms with van der Waals surface area (Å²) in [6, 6.07) is 7.77. The number of carbonyl (C=O) groups excluding carboxylic acids is 1. The molecular formula is C14H17N5OS. The molecule has 0 bridgehead atoms. The van der Waals surface area contributed by atoms with E-state index in [1.165, 1.54) is 11.8 Å². The zero-order chi connectivity index (χ0) is 15.5. The normalized spacial score (nSPS) is 13.9. The highest BCUT2D eigenvalue weighted by molar-refractivity contribution is 7.99. The number of pyridine rings is 1. The maximum Gasteiger partial charge on any atom is 0.231 e. The highest BCUT2D eigenvalue weighted by atomic mass is 32.2. The molecule has 2 aromatic heterocycles. The molecule has 0 fully saturated rings. The summed E-state index contributed by atoms with van der Waals surface area (Å²) in [5.74, 6) is 0.0375. The summed E-state index contributed by atoms with van der Waals surface area (Å²) in [4.78, 5) is 12.0. The third-order valence-corrected chi connectivity index (χ3v) is 4.34. The average Bonchev–Trinajstić information content (AvgIpc) is 2.88. The molecule has 0 aromatic carbocycles. The number of hydrogen-bond donors (Lipinski definition) is 1. The first-order valence-electron chi connectivity index (χ1n) is 6.61. The van der Waals surface area contributed by atoms with Gasteiger partial charge in [0.1, 0.15) is 5.54 Å². The van der Waals surface area contributed by atoms with Crippen LogP contribution in [-0.2, 0) is 4.79 Å². The molecule has 0 saturated heterocycles. The van der Waals surface area contributed by atoms with E-state index in [0.717, 1.165) is 5.65 Å². The molecule has 1 unspecified atom stereocenters. The summed E-state index contributed by atoms with van der Waals surface area (Å²) in [6.07, 6.45) is 1.85. The summed E-state index contributed by atoms with van der Waals surface area (Å²) in [5.41, 5.74) is -0.116. The molecule has 0 aliphatic heterocycles. The average molecular weight is 303 g/mol. The van der Waals surface area contributed by atoms with Gasteiger partial charge in [-0.1, -0.05) is 31.7 Å². The Labute approximate surface area is 127 Å². The third kappa shape index (κ3) is 3.34. The van der Waals surface area contributed by atoms with Gasteiger partial charge in [-0.2, -0.15) is 5.26 Å². The Morgan fingerprint density at radius 3 is 2.95 bits per heavy atom. The zero-order valence-corrected chi connectivity index (χ0v) is 13.0. The monoisotopic (exact) mass is 303 g/mol. The van der Waals surface area contributed by atoms with Crippen LogP contribution < -0.4 is 5.32 Å². The topological polar surface area (TPSA) is 83.1 Å². The fourth-order valence-corrected chi connectivity index (χ4v) is 2.40. The summed E-state index contributed by atoms with van der Waals surface area (Å²) in [6.45, 7) is 5.54. The first kappa shape index (κ1) is 15.3. The Balaban J connectivity index is 2.00. The van der Waals surface area contributed by atoms with Gasteiger partial charge in [-0.25, -0.2) is 0 Å². The summed E-state index contributed by atoms with van der Waals surface area (Å²) in [5, 5.41) is 20.7. The molecule has 7 heteroatoms. The van der Waals surface area contributed by atoms with Gasteiger partial charge in [0.05, 0.1) is 11.8 Å². The van der Waals surface area contributed by atoms with Gasteiger partial charge in [0.2, 0.25) is 5.91 Å². The lowest BCUT2D eigenvalue weighted by Crippen LogP contribution is -2.49. The maximum absolute atomic E-state index is 12.0. The van der Waals surface area contributed by atoms with E-state index in [4.69, 9.17) is 0 Å². The SMILES string of the molecule is CC(C)C(C)(C#N)NC(=O)CSc1nnc2ccccn12. The van der Waals surface area contributed by atoms with Gasteiger partial charge in [-0.3, -0.25) is 9.20 Å². The van der Waals surface area contributed by atoms with Gasteiger partial charge in [-0.05, 0) is 25.0 Å². The van der Waals surface area contributed by atoms with Crippen LogP contribution in [-0.4, -0.2) is 31.8 Å². The van der Waals surface area contributed by atoms with E-state index in [9.17, 15) is 10.1 Å². The van der Waals surface area contributed by atoms with Crippen LogP contribution in [0.5, 0.6) is 0 Å². The molecule has 1 N–H and O–H groups in total. The van der Waals surface area contributed by atoms with Crippen molar-refractivity contribution in [2.24, 2.45) is 5.92 Å². The number of aromatic nitrogens is 3. The molecule has 2 heterocycles. The van der Waals surface area contributed by atoms with Gasteiger partial charge >= 0.3 is 0 Å². The second-order valence-corrected chi connectivity index (χ2v) is 6.16. The van der Waals surface area contributed by atoms with E-state index in [-0.39, 0.29) is 17.6 Å². The number of nitrogens with zero attached hydrogens (tertiary/aromatic N) is 4. The second-order valence-electron chi connectivity index (χ2n) is 5.22. The van der Waals surface area contributed by atoms with Crippen molar-refractivity contribution in [2.75, 3.05) is 5.75 Å². The number of fused-ring (bicyclic) bond motifs is 1. The molecule has 6 nitrogen and oxygen atoms in total. The third-order valence-electron chi connectivity index (χ3n) is 3.40. The van der Waals surface area contributed by atoms with Crippen molar-refractivity contribution in [1.29, 1.82) is 5.26 Å². The summed E-state index contributed by atoms with van der Waals surface area (Å²) >= 11 is 1.30. The van der Waals surface area contributed by atoms with E-state index >= 15 is 0 Å².